The van der Waals surface area contributed by atoms with Gasteiger partial charge in [-0.1, -0.05) is 60.7 Å². The van der Waals surface area contributed by atoms with Gasteiger partial charge in [0.2, 0.25) is 5.91 Å². The molecule has 2 atom stereocenters. The van der Waals surface area contributed by atoms with E-state index in [1.165, 1.54) is 5.82 Å². The summed E-state index contributed by atoms with van der Waals surface area (Å²) in [4.78, 5) is 13.1. The van der Waals surface area contributed by atoms with Crippen molar-refractivity contribution in [1.82, 2.24) is 4.57 Å². The number of imidazole rings is 1. The zero-order valence-corrected chi connectivity index (χ0v) is 19.1. The van der Waals surface area contributed by atoms with E-state index in [1.807, 2.05) is 60.7 Å². The SMILES string of the molecule is Cc1n([C@@H]2CC[C@H](C(C(N)=O)(c3ccccc3)c3ccccc3)C2)cc[n+]1C.[I-]. The van der Waals surface area contributed by atoms with E-state index in [4.69, 9.17) is 5.73 Å². The molecule has 0 unspecified atom stereocenters. The number of carbonyl (C=O) groups is 1. The minimum Gasteiger partial charge on any atom is -1.00 e. The molecule has 1 aromatic heterocycles. The van der Waals surface area contributed by atoms with Crippen LogP contribution in [0.2, 0.25) is 0 Å². The van der Waals surface area contributed by atoms with E-state index in [-0.39, 0.29) is 35.8 Å². The van der Waals surface area contributed by atoms with Crippen LogP contribution in [-0.2, 0) is 17.3 Å². The van der Waals surface area contributed by atoms with Gasteiger partial charge in [-0.25, -0.2) is 9.13 Å². The molecule has 2 N–H and O–H groups in total. The number of nitrogens with two attached hydrogens (primary N) is 1. The lowest BCUT2D eigenvalue weighted by molar-refractivity contribution is -0.677. The summed E-state index contributed by atoms with van der Waals surface area (Å²) in [6.45, 7) is 2.14. The Morgan fingerprint density at radius 2 is 1.59 bits per heavy atom. The second-order valence-corrected chi connectivity index (χ2v) is 7.93. The van der Waals surface area contributed by atoms with Crippen molar-refractivity contribution in [2.45, 2.75) is 37.6 Å². The van der Waals surface area contributed by atoms with E-state index in [0.717, 1.165) is 30.4 Å². The molecule has 1 fully saturated rings. The molecule has 0 radical (unpaired) electrons. The average molecular weight is 501 g/mol. The number of nitrogens with zero attached hydrogens (tertiary/aromatic N) is 2. The van der Waals surface area contributed by atoms with E-state index in [0.29, 0.717) is 6.04 Å². The number of primary amides is 1. The molecule has 2 aromatic carbocycles. The number of rotatable bonds is 5. The fourth-order valence-corrected chi connectivity index (χ4v) is 5.09. The quantitative estimate of drug-likeness (QED) is 0.401. The molecule has 0 spiro atoms. The van der Waals surface area contributed by atoms with Crippen molar-refractivity contribution in [1.29, 1.82) is 0 Å². The van der Waals surface area contributed by atoms with Gasteiger partial charge in [0.25, 0.3) is 5.82 Å². The monoisotopic (exact) mass is 501 g/mol. The van der Waals surface area contributed by atoms with Crippen molar-refractivity contribution in [3.05, 3.63) is 90.0 Å². The van der Waals surface area contributed by atoms with Gasteiger partial charge >= 0.3 is 0 Å². The fourth-order valence-electron chi connectivity index (χ4n) is 5.09. The maximum atomic E-state index is 13.1. The highest BCUT2D eigenvalue weighted by Gasteiger charge is 2.51. The van der Waals surface area contributed by atoms with Crippen molar-refractivity contribution in [3.8, 4) is 0 Å². The maximum Gasteiger partial charge on any atom is 0.253 e. The maximum absolute atomic E-state index is 13.1. The molecule has 152 valence electrons. The van der Waals surface area contributed by atoms with E-state index in [2.05, 4.69) is 35.5 Å². The van der Waals surface area contributed by atoms with E-state index in [9.17, 15) is 4.79 Å². The van der Waals surface area contributed by atoms with Gasteiger partial charge < -0.3 is 29.7 Å². The van der Waals surface area contributed by atoms with Crippen molar-refractivity contribution >= 4 is 5.91 Å². The zero-order valence-electron chi connectivity index (χ0n) is 17.0. The van der Waals surface area contributed by atoms with E-state index in [1.54, 1.807) is 0 Å². The Kier molecular flexibility index (Phi) is 6.46. The van der Waals surface area contributed by atoms with Crippen molar-refractivity contribution in [2.24, 2.45) is 18.7 Å². The Hall–Kier alpha value is -2.15. The number of carbonyl (C=O) groups excluding carboxylic acids is 1. The molecule has 1 heterocycles. The molecule has 1 aliphatic rings. The number of aromatic nitrogens is 2. The molecule has 4 rings (SSSR count). The van der Waals surface area contributed by atoms with Crippen LogP contribution in [0.25, 0.3) is 0 Å². The van der Waals surface area contributed by atoms with Crippen LogP contribution in [0.5, 0.6) is 0 Å². The van der Waals surface area contributed by atoms with Crippen molar-refractivity contribution < 1.29 is 33.3 Å². The van der Waals surface area contributed by atoms with Crippen LogP contribution < -0.4 is 34.3 Å². The molecule has 1 saturated carbocycles. The minimum atomic E-state index is -0.805. The van der Waals surface area contributed by atoms with Gasteiger partial charge in [-0.2, -0.15) is 0 Å². The Morgan fingerprint density at radius 1 is 1.03 bits per heavy atom. The third-order valence-electron chi connectivity index (χ3n) is 6.59. The lowest BCUT2D eigenvalue weighted by Gasteiger charge is -2.37. The number of halogens is 1. The van der Waals surface area contributed by atoms with Crippen LogP contribution in [0, 0.1) is 12.8 Å². The zero-order chi connectivity index (χ0) is 19.7. The molecular formula is C24H28IN3O. The molecule has 1 amide bonds. The van der Waals surface area contributed by atoms with Crippen LogP contribution in [-0.4, -0.2) is 10.5 Å². The molecule has 29 heavy (non-hydrogen) atoms. The number of benzene rings is 2. The summed E-state index contributed by atoms with van der Waals surface area (Å²) < 4.78 is 4.49. The summed E-state index contributed by atoms with van der Waals surface area (Å²) in [7, 11) is 2.07. The normalized spacial score (nSPS) is 19.0. The molecular weight excluding hydrogens is 473 g/mol. The van der Waals surface area contributed by atoms with Crippen molar-refractivity contribution in [3.63, 3.8) is 0 Å². The predicted molar refractivity (Wildman–Crippen MR) is 110 cm³/mol. The summed E-state index contributed by atoms with van der Waals surface area (Å²) >= 11 is 0. The molecule has 5 heteroatoms. The van der Waals surface area contributed by atoms with Gasteiger partial charge in [0.05, 0.1) is 7.05 Å². The average Bonchev–Trinajstić information content (AvgIpc) is 3.32. The van der Waals surface area contributed by atoms with Gasteiger partial charge in [-0.3, -0.25) is 4.79 Å². The standard InChI is InChI=1S/C24H27N3O.HI/c1-18-26(2)15-16-27(18)22-14-13-21(17-22)24(23(25)28,19-9-5-3-6-10-19)20-11-7-4-8-12-20;/h3-12,15-16,21-22H,13-14,17H2,1-2H3,(H-,25,28);1H/t21-,22+;/m0./s1. The third-order valence-corrected chi connectivity index (χ3v) is 6.59. The Balaban J connectivity index is 0.00000240. The highest BCUT2D eigenvalue weighted by atomic mass is 127. The van der Waals surface area contributed by atoms with Crippen molar-refractivity contribution in [2.75, 3.05) is 0 Å². The summed E-state index contributed by atoms with van der Waals surface area (Å²) in [5, 5.41) is 0. The fraction of sp³-hybridized carbons (Fsp3) is 0.333. The lowest BCUT2D eigenvalue weighted by Crippen LogP contribution is -3.00. The Bertz CT molecular complexity index is 929. The summed E-state index contributed by atoms with van der Waals surface area (Å²) in [5.41, 5.74) is 7.37. The molecule has 0 aliphatic heterocycles. The summed E-state index contributed by atoms with van der Waals surface area (Å²) in [6.07, 6.45) is 7.20. The molecule has 0 saturated heterocycles. The van der Waals surface area contributed by atoms with Gasteiger partial charge in [0.15, 0.2) is 0 Å². The number of amides is 1. The van der Waals surface area contributed by atoms with Crippen LogP contribution in [0.1, 0.15) is 42.3 Å². The van der Waals surface area contributed by atoms with Gasteiger partial charge in [0.1, 0.15) is 23.9 Å². The highest BCUT2D eigenvalue weighted by Crippen LogP contribution is 2.49. The molecule has 4 nitrogen and oxygen atoms in total. The predicted octanol–water partition coefficient (Wildman–Crippen LogP) is 0.438. The van der Waals surface area contributed by atoms with E-state index >= 15 is 0 Å². The first kappa shape index (κ1) is 21.6. The number of aryl methyl sites for hydroxylation is 1. The third kappa shape index (κ3) is 3.61. The second-order valence-electron chi connectivity index (χ2n) is 7.93. The molecule has 1 aliphatic carbocycles. The first-order valence-corrected chi connectivity index (χ1v) is 9.99. The highest BCUT2D eigenvalue weighted by molar-refractivity contribution is 5.91. The topological polar surface area (TPSA) is 51.9 Å². The van der Waals surface area contributed by atoms with Gasteiger partial charge in [-0.15, -0.1) is 0 Å². The minimum absolute atomic E-state index is 0. The summed E-state index contributed by atoms with van der Waals surface area (Å²) in [5.74, 6) is 1.13. The Labute approximate surface area is 189 Å². The lowest BCUT2D eigenvalue weighted by atomic mass is 9.64. The second kappa shape index (κ2) is 8.69. The smallest absolute Gasteiger partial charge is 0.253 e. The molecule has 0 bridgehead atoms. The number of hydrogen-bond acceptors (Lipinski definition) is 1. The van der Waals surface area contributed by atoms with Crippen LogP contribution in [0.4, 0.5) is 0 Å². The first-order valence-electron chi connectivity index (χ1n) is 9.99. The van der Waals surface area contributed by atoms with Crippen LogP contribution >= 0.6 is 0 Å². The van der Waals surface area contributed by atoms with Gasteiger partial charge in [-0.05, 0) is 36.3 Å². The molecule has 3 aromatic rings. The largest absolute Gasteiger partial charge is 1.00 e. The van der Waals surface area contributed by atoms with Gasteiger partial charge in [0, 0.05) is 6.92 Å². The van der Waals surface area contributed by atoms with Crippen LogP contribution in [0.3, 0.4) is 0 Å². The first-order chi connectivity index (χ1) is 13.5. The number of hydrogen-bond donors (Lipinski definition) is 1. The van der Waals surface area contributed by atoms with Crippen LogP contribution in [0.15, 0.2) is 73.1 Å². The van der Waals surface area contributed by atoms with E-state index < -0.39 is 5.41 Å². The summed E-state index contributed by atoms with van der Waals surface area (Å²) in [6, 6.07) is 20.5. The Morgan fingerprint density at radius 3 is 2.03 bits per heavy atom.